The van der Waals surface area contributed by atoms with Crippen LogP contribution >= 0.6 is 30.6 Å². The van der Waals surface area contributed by atoms with Crippen molar-refractivity contribution in [2.24, 2.45) is 0 Å². The third kappa shape index (κ3) is 4.64. The molecule has 0 N–H and O–H groups in total. The van der Waals surface area contributed by atoms with Crippen molar-refractivity contribution in [1.82, 2.24) is 0 Å². The standard InChI is InChI=1S/C18H24NO3PS2/c1-20-15-8-6-14(7-9-15)16-17(22-23-21-13-5-12-19)18(25-24-16)10-3-2-4-11-18/h6-9,16-17,23H,2-5,10-11,13H2,1H3. The summed E-state index contributed by atoms with van der Waals surface area (Å²) < 4.78 is 17.3. The molecular weight excluding hydrogens is 373 g/mol. The fourth-order valence-electron chi connectivity index (χ4n) is 3.46. The molecule has 2 aliphatic rings. The Morgan fingerprint density at radius 2 is 2.00 bits per heavy atom. The first kappa shape index (κ1) is 19.3. The van der Waals surface area contributed by atoms with Crippen molar-refractivity contribution in [3.05, 3.63) is 29.8 Å². The second-order valence-corrected chi connectivity index (χ2v) is 9.83. The fourth-order valence-corrected chi connectivity index (χ4v) is 8.47. The number of hydrogen-bond donors (Lipinski definition) is 0. The van der Waals surface area contributed by atoms with Crippen LogP contribution in [0.1, 0.15) is 49.3 Å². The summed E-state index contributed by atoms with van der Waals surface area (Å²) in [6.07, 6.45) is 6.87. The molecule has 1 saturated heterocycles. The molecule has 1 spiro atoms. The van der Waals surface area contributed by atoms with Crippen LogP contribution in [-0.4, -0.2) is 24.6 Å². The van der Waals surface area contributed by atoms with Gasteiger partial charge in [0.05, 0.1) is 42.3 Å². The highest BCUT2D eigenvalue weighted by atomic mass is 33.1. The highest BCUT2D eigenvalue weighted by Crippen LogP contribution is 2.64. The third-order valence-electron chi connectivity index (χ3n) is 4.81. The van der Waals surface area contributed by atoms with Gasteiger partial charge < -0.3 is 13.8 Å². The van der Waals surface area contributed by atoms with Gasteiger partial charge in [0.2, 0.25) is 0 Å². The van der Waals surface area contributed by atoms with Crippen molar-refractivity contribution in [3.8, 4) is 11.8 Å². The minimum atomic E-state index is 0.000434. The number of ether oxygens (including phenoxy) is 1. The average molecular weight is 398 g/mol. The Morgan fingerprint density at radius 3 is 2.68 bits per heavy atom. The molecule has 4 nitrogen and oxygen atoms in total. The molecule has 1 saturated carbocycles. The Bertz CT molecular complexity index is 587. The second kappa shape index (κ2) is 9.48. The first-order valence-corrected chi connectivity index (χ1v) is 11.7. The molecule has 1 heterocycles. The van der Waals surface area contributed by atoms with Crippen LogP contribution in [-0.2, 0) is 9.05 Å². The summed E-state index contributed by atoms with van der Waals surface area (Å²) in [7, 11) is 5.64. The molecule has 0 amide bonds. The SMILES string of the molecule is COc1ccc(C2SSC3(CCCCC3)C2OPOCCC#N)cc1. The highest BCUT2D eigenvalue weighted by Gasteiger charge is 2.52. The monoisotopic (exact) mass is 397 g/mol. The minimum Gasteiger partial charge on any atom is -0.497 e. The van der Waals surface area contributed by atoms with Crippen molar-refractivity contribution >= 4 is 30.6 Å². The Balaban J connectivity index is 1.72. The van der Waals surface area contributed by atoms with Gasteiger partial charge in [0.15, 0.2) is 9.03 Å². The van der Waals surface area contributed by atoms with Crippen molar-refractivity contribution in [3.63, 3.8) is 0 Å². The van der Waals surface area contributed by atoms with Crippen molar-refractivity contribution in [2.75, 3.05) is 13.7 Å². The third-order valence-corrected chi connectivity index (χ3v) is 9.18. The lowest BCUT2D eigenvalue weighted by Crippen LogP contribution is -2.40. The van der Waals surface area contributed by atoms with Crippen LogP contribution in [0.15, 0.2) is 24.3 Å². The second-order valence-electron chi connectivity index (χ2n) is 6.38. The molecule has 0 aromatic heterocycles. The van der Waals surface area contributed by atoms with Crippen LogP contribution in [0.2, 0.25) is 0 Å². The first-order valence-electron chi connectivity index (χ1n) is 8.67. The molecule has 0 radical (unpaired) electrons. The van der Waals surface area contributed by atoms with Crippen molar-refractivity contribution in [1.29, 1.82) is 5.26 Å². The zero-order chi connectivity index (χ0) is 17.5. The maximum absolute atomic E-state index is 8.62. The summed E-state index contributed by atoms with van der Waals surface area (Å²) in [6, 6.07) is 10.4. The summed E-state index contributed by atoms with van der Waals surface area (Å²) in [4.78, 5) is 0. The van der Waals surface area contributed by atoms with Crippen LogP contribution in [0, 0.1) is 11.3 Å². The highest BCUT2D eigenvalue weighted by molar-refractivity contribution is 8.77. The lowest BCUT2D eigenvalue weighted by Gasteiger charge is -2.38. The molecule has 25 heavy (non-hydrogen) atoms. The molecule has 136 valence electrons. The smallest absolute Gasteiger partial charge is 0.155 e. The number of nitriles is 1. The average Bonchev–Trinajstić information content (AvgIpc) is 3.00. The molecule has 3 atom stereocenters. The van der Waals surface area contributed by atoms with E-state index in [1.165, 1.54) is 37.7 Å². The fraction of sp³-hybridized carbons (Fsp3) is 0.611. The lowest BCUT2D eigenvalue weighted by atomic mass is 9.82. The Morgan fingerprint density at radius 1 is 1.24 bits per heavy atom. The number of rotatable bonds is 7. The van der Waals surface area contributed by atoms with Crippen LogP contribution in [0.25, 0.3) is 0 Å². The predicted molar refractivity (Wildman–Crippen MR) is 106 cm³/mol. The summed E-state index contributed by atoms with van der Waals surface area (Å²) >= 11 is 0. The topological polar surface area (TPSA) is 51.5 Å². The van der Waals surface area contributed by atoms with E-state index in [1.807, 2.05) is 33.7 Å². The van der Waals surface area contributed by atoms with Gasteiger partial charge in [-0.1, -0.05) is 53.0 Å². The van der Waals surface area contributed by atoms with Gasteiger partial charge in [-0.2, -0.15) is 5.26 Å². The predicted octanol–water partition coefficient (Wildman–Crippen LogP) is 5.66. The van der Waals surface area contributed by atoms with E-state index in [9.17, 15) is 0 Å². The van der Waals surface area contributed by atoms with Crippen LogP contribution in [0.3, 0.4) is 0 Å². The normalized spacial score (nSPS) is 25.4. The molecule has 1 aromatic carbocycles. The van der Waals surface area contributed by atoms with Crippen LogP contribution in [0.4, 0.5) is 0 Å². The van der Waals surface area contributed by atoms with E-state index in [2.05, 4.69) is 18.2 Å². The molecule has 7 heteroatoms. The molecular formula is C18H24NO3PS2. The number of benzene rings is 1. The Kier molecular flexibility index (Phi) is 7.33. The van der Waals surface area contributed by atoms with Crippen LogP contribution < -0.4 is 4.74 Å². The van der Waals surface area contributed by atoms with E-state index in [1.54, 1.807) is 7.11 Å². The van der Waals surface area contributed by atoms with Gasteiger partial charge >= 0.3 is 0 Å². The van der Waals surface area contributed by atoms with Gasteiger partial charge in [0.25, 0.3) is 0 Å². The lowest BCUT2D eigenvalue weighted by molar-refractivity contribution is 0.130. The molecule has 3 unspecified atom stereocenters. The zero-order valence-electron chi connectivity index (χ0n) is 14.4. The summed E-state index contributed by atoms with van der Waals surface area (Å²) in [5, 5.41) is 8.93. The summed E-state index contributed by atoms with van der Waals surface area (Å²) in [5.74, 6) is 0.881. The number of methoxy groups -OCH3 is 1. The zero-order valence-corrected chi connectivity index (χ0v) is 17.0. The van der Waals surface area contributed by atoms with E-state index in [0.29, 0.717) is 18.3 Å². The van der Waals surface area contributed by atoms with Crippen LogP contribution in [0.5, 0.6) is 5.75 Å². The largest absolute Gasteiger partial charge is 0.497 e. The van der Waals surface area contributed by atoms with Gasteiger partial charge in [-0.25, -0.2) is 0 Å². The number of hydrogen-bond acceptors (Lipinski definition) is 6. The van der Waals surface area contributed by atoms with E-state index in [-0.39, 0.29) is 19.9 Å². The molecule has 1 aliphatic heterocycles. The number of nitrogens with zero attached hydrogens (tertiary/aromatic N) is 1. The van der Waals surface area contributed by atoms with Gasteiger partial charge in [-0.15, -0.1) is 0 Å². The first-order chi connectivity index (χ1) is 12.3. The van der Waals surface area contributed by atoms with Gasteiger partial charge in [0, 0.05) is 0 Å². The molecule has 2 fully saturated rings. The quantitative estimate of drug-likeness (QED) is 0.336. The van der Waals surface area contributed by atoms with Gasteiger partial charge in [-0.3, -0.25) is 0 Å². The van der Waals surface area contributed by atoms with Crippen molar-refractivity contribution < 1.29 is 13.8 Å². The van der Waals surface area contributed by atoms with Gasteiger partial charge in [-0.05, 0) is 30.5 Å². The molecule has 3 rings (SSSR count). The van der Waals surface area contributed by atoms with Gasteiger partial charge in [0.1, 0.15) is 5.75 Å². The van der Waals surface area contributed by atoms with Crippen molar-refractivity contribution in [2.45, 2.75) is 54.6 Å². The Hall–Kier alpha value is -0.440. The van der Waals surface area contributed by atoms with E-state index >= 15 is 0 Å². The maximum atomic E-state index is 8.62. The molecule has 0 bridgehead atoms. The molecule has 1 aromatic rings. The molecule has 1 aliphatic carbocycles. The maximum Gasteiger partial charge on any atom is 0.155 e. The summed E-state index contributed by atoms with van der Waals surface area (Å²) in [6.45, 7) is 0.447. The van der Waals surface area contributed by atoms with E-state index in [4.69, 9.17) is 19.0 Å². The minimum absolute atomic E-state index is 0.000434. The Labute approximate surface area is 159 Å². The summed E-state index contributed by atoms with van der Waals surface area (Å²) in [5.41, 5.74) is 1.28. The van der Waals surface area contributed by atoms with E-state index in [0.717, 1.165) is 5.75 Å². The van der Waals surface area contributed by atoms with E-state index < -0.39 is 0 Å².